The zero-order valence-corrected chi connectivity index (χ0v) is 26.8. The molecule has 0 spiro atoms. The van der Waals surface area contributed by atoms with Crippen LogP contribution < -0.4 is 31.0 Å². The van der Waals surface area contributed by atoms with Crippen molar-refractivity contribution in [2.45, 2.75) is 20.0 Å². The van der Waals surface area contributed by atoms with Crippen molar-refractivity contribution in [3.05, 3.63) is 83.0 Å². The fourth-order valence-corrected chi connectivity index (χ4v) is 5.44. The highest BCUT2D eigenvalue weighted by Crippen LogP contribution is 2.40. The molecule has 1 fully saturated rings. The molecule has 5 N–H and O–H groups in total. The molecule has 3 aromatic carbocycles. The number of hydrogen-bond donors (Lipinski definition) is 3. The number of piperazine rings is 1. The molecular formula is C33H40ClN7O4. The molecule has 1 saturated heterocycles. The smallest absolute Gasteiger partial charge is 0.298 e. The molecule has 0 atom stereocenters. The van der Waals surface area contributed by atoms with Crippen LogP contribution in [0.4, 0.5) is 11.4 Å². The summed E-state index contributed by atoms with van der Waals surface area (Å²) in [6, 6.07) is 19.8. The number of fused-ring (bicyclic) bond motifs is 1. The Morgan fingerprint density at radius 1 is 0.867 bits per heavy atom. The summed E-state index contributed by atoms with van der Waals surface area (Å²) < 4.78 is 16.7. The van der Waals surface area contributed by atoms with Gasteiger partial charge in [0.25, 0.3) is 5.91 Å². The number of aliphatic imine (C=N–C) groups is 1. The van der Waals surface area contributed by atoms with Gasteiger partial charge in [-0.25, -0.2) is 4.98 Å². The lowest BCUT2D eigenvalue weighted by atomic mass is 10.1. The molecule has 1 aliphatic heterocycles. The van der Waals surface area contributed by atoms with Crippen LogP contribution in [0.2, 0.25) is 0 Å². The zero-order chi connectivity index (χ0) is 31.2. The standard InChI is InChI=1S/C33H39N7O4.ClH/c1-21-5-9-24(10-6-21)36-27-18-28(32(41)38-33(34)35)37-26-11-7-22(17-25(26)27)19-39-13-15-40(16-14-39)20-23-8-12-29(42-2)31(44-4)30(23)43-3;/h5-12,17-18H,13-16,19-20H2,1-4H3,(H,36,37)(H4,34,35,38,41);1H. The number of hydrogen-bond acceptors (Lipinski definition) is 8. The SMILES string of the molecule is COc1ccc(CN2CCN(Cc3ccc4nc(C(=O)N=C(N)N)cc(Nc5ccc(C)cc5)c4c3)CC2)c(OC)c1OC.Cl. The molecular weight excluding hydrogens is 594 g/mol. The molecule has 1 amide bonds. The monoisotopic (exact) mass is 633 g/mol. The van der Waals surface area contributed by atoms with E-state index in [-0.39, 0.29) is 24.1 Å². The van der Waals surface area contributed by atoms with Gasteiger partial charge in [-0.3, -0.25) is 14.6 Å². The Morgan fingerprint density at radius 3 is 2.16 bits per heavy atom. The Kier molecular flexibility index (Phi) is 11.1. The minimum atomic E-state index is -0.591. The topological polar surface area (TPSA) is 141 Å². The highest BCUT2D eigenvalue weighted by molar-refractivity contribution is 6.04. The number of nitrogens with two attached hydrogens (primary N) is 2. The van der Waals surface area contributed by atoms with E-state index in [2.05, 4.69) is 37.2 Å². The molecule has 12 heteroatoms. The van der Waals surface area contributed by atoms with Crippen LogP contribution in [0.15, 0.2) is 65.7 Å². The summed E-state index contributed by atoms with van der Waals surface area (Å²) in [5.41, 5.74) is 16.8. The first-order valence-electron chi connectivity index (χ1n) is 14.4. The third kappa shape index (κ3) is 7.93. The van der Waals surface area contributed by atoms with E-state index in [0.29, 0.717) is 22.8 Å². The maximum atomic E-state index is 12.6. The van der Waals surface area contributed by atoms with Gasteiger partial charge >= 0.3 is 0 Å². The van der Waals surface area contributed by atoms with Gasteiger partial charge in [0.15, 0.2) is 17.5 Å². The number of pyridine rings is 1. The van der Waals surface area contributed by atoms with Crippen molar-refractivity contribution in [3.8, 4) is 17.2 Å². The summed E-state index contributed by atoms with van der Waals surface area (Å²) in [5.74, 6) is 1.07. The second kappa shape index (κ2) is 14.9. The van der Waals surface area contributed by atoms with Crippen LogP contribution in [0.25, 0.3) is 10.9 Å². The first-order valence-corrected chi connectivity index (χ1v) is 14.4. The predicted molar refractivity (Wildman–Crippen MR) is 180 cm³/mol. The first kappa shape index (κ1) is 33.3. The fourth-order valence-electron chi connectivity index (χ4n) is 5.44. The molecule has 4 aromatic rings. The number of guanidine groups is 1. The first-order chi connectivity index (χ1) is 21.3. The lowest BCUT2D eigenvalue weighted by Crippen LogP contribution is -2.45. The predicted octanol–water partition coefficient (Wildman–Crippen LogP) is 4.47. The average Bonchev–Trinajstić information content (AvgIpc) is 3.02. The number of ether oxygens (including phenoxy) is 3. The molecule has 0 radical (unpaired) electrons. The van der Waals surface area contributed by atoms with E-state index >= 15 is 0 Å². The van der Waals surface area contributed by atoms with Gasteiger partial charge in [0.2, 0.25) is 5.75 Å². The number of aryl methyl sites for hydroxylation is 1. The van der Waals surface area contributed by atoms with E-state index in [1.807, 2.05) is 49.4 Å². The van der Waals surface area contributed by atoms with Crippen molar-refractivity contribution < 1.29 is 19.0 Å². The molecule has 0 unspecified atom stereocenters. The van der Waals surface area contributed by atoms with Gasteiger partial charge in [-0.15, -0.1) is 12.4 Å². The largest absolute Gasteiger partial charge is 0.493 e. The summed E-state index contributed by atoms with van der Waals surface area (Å²) in [7, 11) is 4.90. The van der Waals surface area contributed by atoms with Crippen LogP contribution in [0.5, 0.6) is 17.2 Å². The summed E-state index contributed by atoms with van der Waals surface area (Å²) in [6.07, 6.45) is 0. The third-order valence-electron chi connectivity index (χ3n) is 7.70. The van der Waals surface area contributed by atoms with Crippen molar-refractivity contribution in [1.29, 1.82) is 0 Å². The summed E-state index contributed by atoms with van der Waals surface area (Å²) >= 11 is 0. The van der Waals surface area contributed by atoms with Crippen LogP contribution >= 0.6 is 12.4 Å². The van der Waals surface area contributed by atoms with E-state index in [9.17, 15) is 4.79 Å². The average molecular weight is 634 g/mol. The third-order valence-corrected chi connectivity index (χ3v) is 7.70. The number of nitrogens with zero attached hydrogens (tertiary/aromatic N) is 4. The number of carbonyl (C=O) groups is 1. The van der Waals surface area contributed by atoms with Crippen LogP contribution in [-0.2, 0) is 13.1 Å². The van der Waals surface area contributed by atoms with Crippen molar-refractivity contribution in [3.63, 3.8) is 0 Å². The molecule has 1 aromatic heterocycles. The van der Waals surface area contributed by atoms with Crippen molar-refractivity contribution in [2.75, 3.05) is 52.8 Å². The highest BCUT2D eigenvalue weighted by Gasteiger charge is 2.22. The minimum absolute atomic E-state index is 0. The molecule has 238 valence electrons. The molecule has 0 bridgehead atoms. The molecule has 0 saturated carbocycles. The van der Waals surface area contributed by atoms with Crippen LogP contribution in [0.3, 0.4) is 0 Å². The van der Waals surface area contributed by atoms with Crippen molar-refractivity contribution in [2.24, 2.45) is 16.5 Å². The second-order valence-electron chi connectivity index (χ2n) is 10.8. The van der Waals surface area contributed by atoms with Crippen LogP contribution in [-0.4, -0.2) is 74.2 Å². The molecule has 0 aliphatic carbocycles. The van der Waals surface area contributed by atoms with Crippen molar-refractivity contribution in [1.82, 2.24) is 14.8 Å². The number of methoxy groups -OCH3 is 3. The number of rotatable bonds is 10. The molecule has 1 aliphatic rings. The maximum Gasteiger partial charge on any atom is 0.298 e. The molecule has 5 rings (SSSR count). The minimum Gasteiger partial charge on any atom is -0.493 e. The summed E-state index contributed by atoms with van der Waals surface area (Å²) in [5, 5.41) is 4.36. The lowest BCUT2D eigenvalue weighted by Gasteiger charge is -2.35. The number of carbonyl (C=O) groups excluding carboxylic acids is 1. The Bertz CT molecular complexity index is 1670. The highest BCUT2D eigenvalue weighted by atomic mass is 35.5. The molecule has 45 heavy (non-hydrogen) atoms. The summed E-state index contributed by atoms with van der Waals surface area (Å²) in [4.78, 5) is 25.8. The van der Waals surface area contributed by atoms with E-state index in [0.717, 1.165) is 72.7 Å². The number of nitrogens with one attached hydrogen (secondary N) is 1. The lowest BCUT2D eigenvalue weighted by molar-refractivity contribution is 0.0998. The van der Waals surface area contributed by atoms with Gasteiger partial charge in [-0.1, -0.05) is 29.8 Å². The van der Waals surface area contributed by atoms with Gasteiger partial charge < -0.3 is 31.0 Å². The van der Waals surface area contributed by atoms with Crippen molar-refractivity contribution >= 4 is 46.6 Å². The Morgan fingerprint density at radius 2 is 1.53 bits per heavy atom. The molecule has 2 heterocycles. The van der Waals surface area contributed by atoms with Gasteiger partial charge in [0.05, 0.1) is 32.5 Å². The van der Waals surface area contributed by atoms with Gasteiger partial charge in [0, 0.05) is 55.9 Å². The van der Waals surface area contributed by atoms with Gasteiger partial charge in [0.1, 0.15) is 5.69 Å². The maximum absolute atomic E-state index is 12.6. The van der Waals surface area contributed by atoms with Gasteiger partial charge in [-0.05, 0) is 48.9 Å². The second-order valence-corrected chi connectivity index (χ2v) is 10.8. The quantitative estimate of drug-likeness (QED) is 0.169. The molecule has 11 nitrogen and oxygen atoms in total. The fraction of sp³-hybridized carbons (Fsp3) is 0.303. The van der Waals surface area contributed by atoms with E-state index in [4.69, 9.17) is 25.7 Å². The van der Waals surface area contributed by atoms with Crippen LogP contribution in [0, 0.1) is 6.92 Å². The van der Waals surface area contributed by atoms with Gasteiger partial charge in [-0.2, -0.15) is 4.99 Å². The number of halogens is 1. The Labute approximate surface area is 269 Å². The van der Waals surface area contributed by atoms with Crippen LogP contribution in [0.1, 0.15) is 27.2 Å². The number of amides is 1. The summed E-state index contributed by atoms with van der Waals surface area (Å²) in [6.45, 7) is 7.28. The normalized spacial score (nSPS) is 13.5. The number of anilines is 2. The van der Waals surface area contributed by atoms with E-state index in [1.54, 1.807) is 27.4 Å². The van der Waals surface area contributed by atoms with E-state index < -0.39 is 5.91 Å². The van der Waals surface area contributed by atoms with E-state index in [1.165, 1.54) is 0 Å². The zero-order valence-electron chi connectivity index (χ0n) is 26.0. The Balaban J connectivity index is 0.00000461. The number of aromatic nitrogens is 1. The number of benzene rings is 3. The Hall–Kier alpha value is -4.58.